The molecule has 8 N–H and O–H groups in total. The van der Waals surface area contributed by atoms with Gasteiger partial charge in [0, 0.05) is 0 Å². The third-order valence-corrected chi connectivity index (χ3v) is 18.7. The third kappa shape index (κ3) is 51.8. The molecule has 1 aliphatic heterocycles. The zero-order chi connectivity index (χ0) is 63.1. The van der Waals surface area contributed by atoms with E-state index in [9.17, 15) is 40.5 Å². The Morgan fingerprint density at radius 1 is 0.391 bits per heavy atom. The highest BCUT2D eigenvalue weighted by molar-refractivity contribution is 5.80. The summed E-state index contributed by atoms with van der Waals surface area (Å²) in [6, 6.07) is -1.19. The van der Waals surface area contributed by atoms with Crippen molar-refractivity contribution in [3.8, 4) is 0 Å². The number of aliphatic hydroxyl groups is 7. The van der Waals surface area contributed by atoms with Gasteiger partial charge in [-0.2, -0.15) is 0 Å². The van der Waals surface area contributed by atoms with Gasteiger partial charge in [0.05, 0.1) is 25.4 Å². The summed E-state index contributed by atoms with van der Waals surface area (Å²) < 4.78 is 11.2. The summed E-state index contributed by atoms with van der Waals surface area (Å²) in [6.07, 6.45) is 71.4. The lowest BCUT2D eigenvalue weighted by Gasteiger charge is -2.40. The number of carbonyl (C=O) groups excluding carboxylic acids is 1. The van der Waals surface area contributed by atoms with Crippen molar-refractivity contribution < 1.29 is 50.0 Å². The minimum Gasteiger partial charge on any atom is -0.394 e. The fourth-order valence-corrected chi connectivity index (χ4v) is 12.6. The molecule has 0 bridgehead atoms. The van der Waals surface area contributed by atoms with E-state index in [1.54, 1.807) is 0 Å². The van der Waals surface area contributed by atoms with Crippen LogP contribution in [-0.4, -0.2) is 110 Å². The molecule has 0 radical (unpaired) electrons. The van der Waals surface area contributed by atoms with Gasteiger partial charge in [-0.05, 0) is 64.2 Å². The second kappa shape index (κ2) is 64.7. The molecule has 9 atom stereocenters. The number of amides is 1. The molecule has 1 saturated heterocycles. The number of aliphatic hydroxyl groups excluding tert-OH is 7. The van der Waals surface area contributed by atoms with E-state index < -0.39 is 74.2 Å². The Morgan fingerprint density at radius 2 is 0.678 bits per heavy atom. The van der Waals surface area contributed by atoms with Crippen LogP contribution in [0.1, 0.15) is 386 Å². The Bertz CT molecular complexity index is 1460. The van der Waals surface area contributed by atoms with Crippen molar-refractivity contribution in [1.82, 2.24) is 5.32 Å². The van der Waals surface area contributed by atoms with Crippen molar-refractivity contribution in [3.63, 3.8) is 0 Å². The maximum absolute atomic E-state index is 13.3. The molecule has 9 unspecified atom stereocenters. The number of allylic oxidation sites excluding steroid dienone is 4. The van der Waals surface area contributed by atoms with Crippen molar-refractivity contribution in [2.45, 2.75) is 441 Å². The zero-order valence-electron chi connectivity index (χ0n) is 57.3. The van der Waals surface area contributed by atoms with Gasteiger partial charge in [-0.15, -0.1) is 0 Å². The van der Waals surface area contributed by atoms with Crippen molar-refractivity contribution in [3.05, 3.63) is 24.3 Å². The molecule has 0 aliphatic carbocycles. The predicted molar refractivity (Wildman–Crippen MR) is 367 cm³/mol. The second-order valence-corrected chi connectivity index (χ2v) is 27.1. The molecule has 0 aromatic heterocycles. The molecule has 1 aliphatic rings. The highest BCUT2D eigenvalue weighted by atomic mass is 16.7. The Balaban J connectivity index is 2.17. The zero-order valence-corrected chi connectivity index (χ0v) is 57.3. The van der Waals surface area contributed by atoms with E-state index in [1.807, 2.05) is 0 Å². The van der Waals surface area contributed by atoms with Gasteiger partial charge in [-0.3, -0.25) is 4.79 Å². The number of hydrogen-bond donors (Lipinski definition) is 8. The average molecular weight is 1240 g/mol. The molecular weight excluding hydrogens is 1090 g/mol. The summed E-state index contributed by atoms with van der Waals surface area (Å²) in [5, 5.41) is 76.6. The van der Waals surface area contributed by atoms with Crippen LogP contribution in [0.5, 0.6) is 0 Å². The van der Waals surface area contributed by atoms with Crippen LogP contribution in [0.2, 0.25) is 0 Å². The molecule has 87 heavy (non-hydrogen) atoms. The Labute approximate surface area is 537 Å². The fourth-order valence-electron chi connectivity index (χ4n) is 12.6. The Kier molecular flexibility index (Phi) is 62.2. The van der Waals surface area contributed by atoms with E-state index >= 15 is 0 Å². The van der Waals surface area contributed by atoms with Gasteiger partial charge in [-0.1, -0.05) is 346 Å². The maximum atomic E-state index is 13.3. The van der Waals surface area contributed by atoms with Gasteiger partial charge in [0.1, 0.15) is 36.6 Å². The largest absolute Gasteiger partial charge is 0.394 e. The number of carbonyl (C=O) groups is 1. The fraction of sp³-hybridized carbons (Fsp3) is 0.934. The number of rotatable bonds is 68. The molecule has 11 heteroatoms. The Hall–Kier alpha value is -1.41. The van der Waals surface area contributed by atoms with Crippen molar-refractivity contribution in [2.24, 2.45) is 0 Å². The minimum absolute atomic E-state index is 0.257. The molecule has 0 spiro atoms. The summed E-state index contributed by atoms with van der Waals surface area (Å²) in [5.41, 5.74) is 0. The van der Waals surface area contributed by atoms with Crippen LogP contribution in [0.4, 0.5) is 0 Å². The molecule has 1 amide bonds. The first kappa shape index (κ1) is 83.6. The molecular formula is C76H147NO10. The lowest BCUT2D eigenvalue weighted by Crippen LogP contribution is -2.60. The number of nitrogens with one attached hydrogen (secondary N) is 1. The number of hydrogen-bond acceptors (Lipinski definition) is 10. The summed E-state index contributed by atoms with van der Waals surface area (Å²) in [4.78, 5) is 13.3. The predicted octanol–water partition coefficient (Wildman–Crippen LogP) is 19.1. The van der Waals surface area contributed by atoms with E-state index in [2.05, 4.69) is 43.5 Å². The SMILES string of the molecule is CCCCCCCCCCCCCC/C=C\CCCCCCCCCCCCCCCCCC(O)C(=O)NC(COC1OC(CO)C(O)C(O)C1O)C(O)C(O)CCC/C=C/CCCCCCCCCCCCCCCCCCCCCCCCCC. The molecule has 0 aromatic carbocycles. The van der Waals surface area contributed by atoms with Crippen LogP contribution in [0.15, 0.2) is 24.3 Å². The maximum Gasteiger partial charge on any atom is 0.249 e. The van der Waals surface area contributed by atoms with Crippen molar-refractivity contribution in [1.29, 1.82) is 0 Å². The van der Waals surface area contributed by atoms with Gasteiger partial charge in [-0.25, -0.2) is 0 Å². The van der Waals surface area contributed by atoms with Crippen LogP contribution >= 0.6 is 0 Å². The van der Waals surface area contributed by atoms with Crippen molar-refractivity contribution in [2.75, 3.05) is 13.2 Å². The minimum atomic E-state index is -1.67. The molecule has 1 heterocycles. The highest BCUT2D eigenvalue weighted by Gasteiger charge is 2.44. The lowest BCUT2D eigenvalue weighted by molar-refractivity contribution is -0.303. The molecule has 1 fully saturated rings. The standard InChI is InChI=1S/C76H147NO10/c1-3-5-7-9-11-13-15-17-19-21-23-25-27-29-31-33-34-36-38-40-42-44-46-48-50-52-54-56-58-60-62-64-69(80)75(85)77-67(66-86-76-74(84)73(83)72(82)70(65-78)87-76)71(81)68(79)63-61-59-57-55-53-51-49-47-45-43-41-39-37-35-32-30-28-26-24-22-20-18-16-14-12-10-8-6-4-2/h29,31,55,57,67-74,76,78-84H,3-28,30,32-54,56,58-66H2,1-2H3,(H,77,85)/b31-29-,57-55+. The van der Waals surface area contributed by atoms with Crippen LogP contribution < -0.4 is 5.32 Å². The smallest absolute Gasteiger partial charge is 0.249 e. The first-order valence-corrected chi connectivity index (χ1v) is 38.2. The van der Waals surface area contributed by atoms with E-state index in [1.165, 1.54) is 308 Å². The second-order valence-electron chi connectivity index (χ2n) is 27.1. The first-order chi connectivity index (χ1) is 42.7. The molecule has 1 rings (SSSR count). The summed E-state index contributed by atoms with van der Waals surface area (Å²) in [7, 11) is 0. The van der Waals surface area contributed by atoms with E-state index in [0.717, 1.165) is 38.5 Å². The number of unbranched alkanes of at least 4 members (excludes halogenated alkanes) is 52. The Morgan fingerprint density at radius 3 is 0.989 bits per heavy atom. The van der Waals surface area contributed by atoms with Crippen LogP contribution in [-0.2, 0) is 14.3 Å². The van der Waals surface area contributed by atoms with E-state index in [0.29, 0.717) is 12.8 Å². The monoisotopic (exact) mass is 1230 g/mol. The summed E-state index contributed by atoms with van der Waals surface area (Å²) >= 11 is 0. The first-order valence-electron chi connectivity index (χ1n) is 38.2. The lowest BCUT2D eigenvalue weighted by atomic mass is 9.98. The van der Waals surface area contributed by atoms with Crippen LogP contribution in [0, 0.1) is 0 Å². The molecule has 11 nitrogen and oxygen atoms in total. The van der Waals surface area contributed by atoms with Gasteiger partial charge < -0.3 is 50.5 Å². The van der Waals surface area contributed by atoms with Gasteiger partial charge in [0.15, 0.2) is 6.29 Å². The molecule has 0 saturated carbocycles. The highest BCUT2D eigenvalue weighted by Crippen LogP contribution is 2.24. The third-order valence-electron chi connectivity index (χ3n) is 18.7. The van der Waals surface area contributed by atoms with Gasteiger partial charge in [0.2, 0.25) is 5.91 Å². The topological polar surface area (TPSA) is 189 Å². The van der Waals surface area contributed by atoms with Gasteiger partial charge >= 0.3 is 0 Å². The quantitative estimate of drug-likeness (QED) is 0.0215. The van der Waals surface area contributed by atoms with Crippen LogP contribution in [0.3, 0.4) is 0 Å². The summed E-state index contributed by atoms with van der Waals surface area (Å²) in [5.74, 6) is -0.699. The van der Waals surface area contributed by atoms with E-state index in [4.69, 9.17) is 9.47 Å². The van der Waals surface area contributed by atoms with Gasteiger partial charge in [0.25, 0.3) is 0 Å². The van der Waals surface area contributed by atoms with Crippen molar-refractivity contribution >= 4 is 5.91 Å². The van der Waals surface area contributed by atoms with Crippen LogP contribution in [0.25, 0.3) is 0 Å². The average Bonchev–Trinajstić information content (AvgIpc) is 2.18. The normalized spacial score (nSPS) is 18.7. The molecule has 0 aromatic rings. The van der Waals surface area contributed by atoms with E-state index in [-0.39, 0.29) is 12.8 Å². The number of ether oxygens (including phenoxy) is 2. The molecule has 516 valence electrons. The summed E-state index contributed by atoms with van der Waals surface area (Å²) in [6.45, 7) is 3.51.